The number of carboxylic acid groups (broad SMARTS) is 1. The van der Waals surface area contributed by atoms with Crippen molar-refractivity contribution in [2.75, 3.05) is 56.5 Å². The number of amides is 9. The Balaban J connectivity index is 1.40. The minimum atomic E-state index is -1.18. The summed E-state index contributed by atoms with van der Waals surface area (Å²) in [6.45, 7) is 2.66. The first-order chi connectivity index (χ1) is 30.6. The fourth-order valence-electron chi connectivity index (χ4n) is 6.69. The quantitative estimate of drug-likeness (QED) is 0.0184. The summed E-state index contributed by atoms with van der Waals surface area (Å²) in [4.78, 5) is 107. The highest BCUT2D eigenvalue weighted by atomic mass is 32.2. The molecule has 0 aromatic rings. The van der Waals surface area contributed by atoms with E-state index in [0.717, 1.165) is 30.4 Å². The first-order valence-corrected chi connectivity index (χ1v) is 24.3. The molecule has 0 bridgehead atoms. The van der Waals surface area contributed by atoms with Crippen LogP contribution in [0.15, 0.2) is 0 Å². The minimum absolute atomic E-state index is 0.00985. The molecular formula is C40H69N9O13S2. The lowest BCUT2D eigenvalue weighted by Gasteiger charge is -2.17. The van der Waals surface area contributed by atoms with Crippen molar-refractivity contribution >= 4 is 76.9 Å². The number of carboxylic acids is 1. The highest BCUT2D eigenvalue weighted by molar-refractivity contribution is 8.00. The Morgan fingerprint density at radius 1 is 0.656 bits per heavy atom. The van der Waals surface area contributed by atoms with E-state index < -0.39 is 29.7 Å². The molecule has 2 heterocycles. The first kappa shape index (κ1) is 55.7. The van der Waals surface area contributed by atoms with Gasteiger partial charge in [-0.15, -0.1) is 11.8 Å². The van der Waals surface area contributed by atoms with Gasteiger partial charge in [0.15, 0.2) is 0 Å². The molecule has 24 heteroatoms. The maximum Gasteiger partial charge on any atom is 0.327 e. The molecule has 22 nitrogen and oxygen atoms in total. The van der Waals surface area contributed by atoms with E-state index in [9.17, 15) is 63.9 Å². The van der Waals surface area contributed by atoms with Crippen molar-refractivity contribution < 1.29 is 63.9 Å². The monoisotopic (exact) mass is 947 g/mol. The van der Waals surface area contributed by atoms with E-state index >= 15 is 0 Å². The molecule has 64 heavy (non-hydrogen) atoms. The summed E-state index contributed by atoms with van der Waals surface area (Å²) >= 11 is 2.89. The number of carbonyl (C=O) groups excluding carboxylic acids is 8. The number of hydroxylamine groups is 6. The van der Waals surface area contributed by atoms with Crippen LogP contribution < -0.4 is 31.9 Å². The summed E-state index contributed by atoms with van der Waals surface area (Å²) in [5.74, 6) is -3.26. The van der Waals surface area contributed by atoms with Crippen LogP contribution in [0.1, 0.15) is 116 Å². The predicted octanol–water partition coefficient (Wildman–Crippen LogP) is 1.11. The number of hydrogen-bond donors (Lipinski definition) is 10. The molecule has 0 saturated carbocycles. The summed E-state index contributed by atoms with van der Waals surface area (Å²) in [5, 5.41) is 57.4. The van der Waals surface area contributed by atoms with E-state index in [1.165, 1.54) is 6.92 Å². The van der Waals surface area contributed by atoms with Crippen molar-refractivity contribution in [2.24, 2.45) is 0 Å². The molecule has 0 radical (unpaired) electrons. The van der Waals surface area contributed by atoms with Crippen molar-refractivity contribution in [1.29, 1.82) is 0 Å². The second kappa shape index (κ2) is 32.3. The van der Waals surface area contributed by atoms with Crippen LogP contribution in [0.3, 0.4) is 0 Å². The van der Waals surface area contributed by atoms with Gasteiger partial charge in [0.2, 0.25) is 41.4 Å². The molecule has 2 rings (SSSR count). The molecule has 0 unspecified atom stereocenters. The SMILES string of the molecule is CC(=O)N(O)CCCCCNC(=O)CCC(=O)N(O)CCCCCNC(=O)CCC(=O)N(O)CCCCCNC(=O)CSC[C@H](NC(=O)CCCC[C@@H]1SC[C@@H]2NC(=O)N[C@@H]21)C(=O)O. The van der Waals surface area contributed by atoms with E-state index in [2.05, 4.69) is 31.9 Å². The number of nitrogens with one attached hydrogen (secondary N) is 6. The standard InChI is InChI=1S/C40H69N9O13S2/c1-28(50)47(60)22-10-2-7-19-41-32(51)15-17-36(55)48(61)23-11-3-8-20-42-33(52)16-18-37(56)49(62)24-12-4-9-21-43-35(54)27-63-25-30(39(57)58)44-34(53)14-6-5-13-31-38-29(26-64-31)45-40(59)46-38/h29-31,38,60-62H,2-27H2,1H3,(H,41,51)(H,42,52)(H,43,54)(H,44,53)(H,57,58)(H2,45,46,59)/t29-,30-,31-,38-/m0/s1. The zero-order chi connectivity index (χ0) is 47.3. The average Bonchev–Trinajstić information content (AvgIpc) is 3.82. The van der Waals surface area contributed by atoms with Crippen LogP contribution in [0, 0.1) is 0 Å². The van der Waals surface area contributed by atoms with E-state index in [0.29, 0.717) is 99.0 Å². The van der Waals surface area contributed by atoms with Crippen LogP contribution in [-0.4, -0.2) is 169 Å². The van der Waals surface area contributed by atoms with Crippen molar-refractivity contribution in [2.45, 2.75) is 139 Å². The number of aliphatic carboxylic acids is 1. The third-order valence-corrected chi connectivity index (χ3v) is 13.0. The lowest BCUT2D eigenvalue weighted by molar-refractivity contribution is -0.166. The predicted molar refractivity (Wildman–Crippen MR) is 236 cm³/mol. The maximum absolute atomic E-state index is 12.4. The van der Waals surface area contributed by atoms with Crippen LogP contribution >= 0.6 is 23.5 Å². The van der Waals surface area contributed by atoms with Gasteiger partial charge in [-0.25, -0.2) is 24.8 Å². The first-order valence-electron chi connectivity index (χ1n) is 22.1. The highest BCUT2D eigenvalue weighted by Gasteiger charge is 2.42. The Labute approximate surface area is 382 Å². The van der Waals surface area contributed by atoms with Gasteiger partial charge in [0.25, 0.3) is 0 Å². The highest BCUT2D eigenvalue weighted by Crippen LogP contribution is 2.33. The number of fused-ring (bicyclic) bond motifs is 1. The third-order valence-electron chi connectivity index (χ3n) is 10.4. The molecule has 0 aromatic carbocycles. The van der Waals surface area contributed by atoms with Crippen LogP contribution in [-0.2, 0) is 38.4 Å². The molecule has 0 aromatic heterocycles. The molecule has 2 saturated heterocycles. The summed E-state index contributed by atoms with van der Waals surface area (Å²) in [5.41, 5.74) is 0. The van der Waals surface area contributed by atoms with Gasteiger partial charge in [0.1, 0.15) is 6.04 Å². The second-order valence-corrected chi connectivity index (χ2v) is 18.1. The lowest BCUT2D eigenvalue weighted by atomic mass is 10.0. The number of urea groups is 1. The van der Waals surface area contributed by atoms with Crippen LogP contribution in [0.5, 0.6) is 0 Å². The molecule has 9 amide bonds. The van der Waals surface area contributed by atoms with Gasteiger partial charge in [-0.1, -0.05) is 6.42 Å². The average molecular weight is 948 g/mol. The van der Waals surface area contributed by atoms with Crippen molar-refractivity contribution in [3.8, 4) is 0 Å². The summed E-state index contributed by atoms with van der Waals surface area (Å²) in [7, 11) is 0. The van der Waals surface area contributed by atoms with Gasteiger partial charge in [0.05, 0.1) is 17.8 Å². The van der Waals surface area contributed by atoms with Crippen molar-refractivity contribution in [1.82, 2.24) is 47.1 Å². The number of thioether (sulfide) groups is 2. The largest absolute Gasteiger partial charge is 0.480 e. The Kier molecular flexibility index (Phi) is 28.1. The molecular weight excluding hydrogens is 879 g/mol. The van der Waals surface area contributed by atoms with Gasteiger partial charge in [-0.3, -0.25) is 49.2 Å². The zero-order valence-electron chi connectivity index (χ0n) is 36.8. The third kappa shape index (κ3) is 24.6. The van der Waals surface area contributed by atoms with Gasteiger partial charge >= 0.3 is 12.0 Å². The number of rotatable bonds is 35. The summed E-state index contributed by atoms with van der Waals surface area (Å²) < 4.78 is 0. The van der Waals surface area contributed by atoms with E-state index in [1.54, 1.807) is 11.8 Å². The fraction of sp³-hybridized carbons (Fsp3) is 0.775. The molecule has 0 aliphatic carbocycles. The van der Waals surface area contributed by atoms with E-state index in [1.807, 2.05) is 0 Å². The fourth-order valence-corrected chi connectivity index (χ4v) is 9.10. The Morgan fingerprint density at radius 2 is 1.17 bits per heavy atom. The second-order valence-electron chi connectivity index (χ2n) is 15.7. The smallest absolute Gasteiger partial charge is 0.327 e. The zero-order valence-corrected chi connectivity index (χ0v) is 38.4. The lowest BCUT2D eigenvalue weighted by Crippen LogP contribution is -2.42. The van der Waals surface area contributed by atoms with Crippen LogP contribution in [0.2, 0.25) is 0 Å². The van der Waals surface area contributed by atoms with Crippen LogP contribution in [0.25, 0.3) is 0 Å². The van der Waals surface area contributed by atoms with Crippen molar-refractivity contribution in [3.05, 3.63) is 0 Å². The maximum atomic E-state index is 12.4. The minimum Gasteiger partial charge on any atom is -0.480 e. The van der Waals surface area contributed by atoms with Crippen LogP contribution in [0.4, 0.5) is 4.79 Å². The number of hydrogen-bond acceptors (Lipinski definition) is 14. The van der Waals surface area contributed by atoms with Gasteiger partial charge in [-0.05, 0) is 70.6 Å². The molecule has 2 fully saturated rings. The molecule has 364 valence electrons. The van der Waals surface area contributed by atoms with Gasteiger partial charge in [-0.2, -0.15) is 11.8 Å². The normalized spacial score (nSPS) is 16.7. The van der Waals surface area contributed by atoms with E-state index in [-0.39, 0.29) is 110 Å². The number of nitrogens with zero attached hydrogens (tertiary/aromatic N) is 3. The molecule has 4 atom stereocenters. The Morgan fingerprint density at radius 3 is 1.69 bits per heavy atom. The van der Waals surface area contributed by atoms with E-state index in [4.69, 9.17) is 0 Å². The molecule has 10 N–H and O–H groups in total. The number of carbonyl (C=O) groups is 9. The van der Waals surface area contributed by atoms with Gasteiger partial charge < -0.3 is 37.0 Å². The Hall–Kier alpha value is -4.39. The summed E-state index contributed by atoms with van der Waals surface area (Å²) in [6, 6.07) is -1.04. The summed E-state index contributed by atoms with van der Waals surface area (Å²) in [6.07, 6.45) is 7.05. The number of unbranched alkanes of at least 4 members (excludes halogenated alkanes) is 7. The molecule has 0 spiro atoms. The molecule has 2 aliphatic heterocycles. The topological polar surface area (TPSA) is 316 Å². The van der Waals surface area contributed by atoms with Gasteiger partial charge in [0, 0.05) is 95.1 Å². The van der Waals surface area contributed by atoms with Crippen molar-refractivity contribution in [3.63, 3.8) is 0 Å². The Bertz CT molecular complexity index is 1530. The molecule has 2 aliphatic rings.